The normalized spacial score (nSPS) is 19.8. The number of carbonyl (C=O) groups is 1. The van der Waals surface area contributed by atoms with Gasteiger partial charge < -0.3 is 15.4 Å². The summed E-state index contributed by atoms with van der Waals surface area (Å²) in [5, 5.41) is 0. The molecule has 1 aliphatic rings. The zero-order valence-electron chi connectivity index (χ0n) is 9.22. The van der Waals surface area contributed by atoms with Gasteiger partial charge in [0.1, 0.15) is 11.6 Å². The minimum absolute atomic E-state index is 0.0479. The van der Waals surface area contributed by atoms with Crippen molar-refractivity contribution < 1.29 is 9.53 Å². The molecule has 0 bridgehead atoms. The van der Waals surface area contributed by atoms with Gasteiger partial charge in [-0.2, -0.15) is 0 Å². The van der Waals surface area contributed by atoms with E-state index in [-0.39, 0.29) is 11.9 Å². The molecule has 0 spiro atoms. The fourth-order valence-corrected chi connectivity index (χ4v) is 1.94. The number of carbonyl (C=O) groups excluding carboxylic acids is 1. The average Bonchev–Trinajstić information content (AvgIpc) is 2.77. The predicted octanol–water partition coefficient (Wildman–Crippen LogP) is 0.663. The second-order valence-corrected chi connectivity index (χ2v) is 3.88. The van der Waals surface area contributed by atoms with Crippen LogP contribution in [0, 0.1) is 5.92 Å². The Labute approximate surface area is 94.2 Å². The molecule has 0 radical (unpaired) electrons. The van der Waals surface area contributed by atoms with E-state index >= 15 is 0 Å². The number of esters is 1. The zero-order chi connectivity index (χ0) is 11.5. The maximum atomic E-state index is 11.4. The number of nitrogen functional groups attached to an aromatic ring is 1. The maximum Gasteiger partial charge on any atom is 0.310 e. The zero-order valence-corrected chi connectivity index (χ0v) is 9.22. The average molecular weight is 221 g/mol. The minimum Gasteiger partial charge on any atom is -0.469 e. The van der Waals surface area contributed by atoms with E-state index in [0.717, 1.165) is 18.8 Å². The van der Waals surface area contributed by atoms with Crippen LogP contribution >= 0.6 is 0 Å². The van der Waals surface area contributed by atoms with E-state index in [1.807, 2.05) is 12.1 Å². The lowest BCUT2D eigenvalue weighted by atomic mass is 10.1. The molecular formula is C11H15N3O2. The lowest BCUT2D eigenvalue weighted by molar-refractivity contribution is -0.144. The molecule has 1 aliphatic heterocycles. The quantitative estimate of drug-likeness (QED) is 0.743. The van der Waals surface area contributed by atoms with Gasteiger partial charge in [-0.25, -0.2) is 4.98 Å². The highest BCUT2D eigenvalue weighted by Gasteiger charge is 2.29. The monoisotopic (exact) mass is 221 g/mol. The molecule has 5 heteroatoms. The van der Waals surface area contributed by atoms with Crippen LogP contribution in [0.15, 0.2) is 18.2 Å². The number of rotatable bonds is 2. The van der Waals surface area contributed by atoms with Gasteiger partial charge in [0.25, 0.3) is 0 Å². The molecule has 5 nitrogen and oxygen atoms in total. The fourth-order valence-electron chi connectivity index (χ4n) is 1.94. The van der Waals surface area contributed by atoms with Crippen LogP contribution in [0.3, 0.4) is 0 Å². The summed E-state index contributed by atoms with van der Waals surface area (Å²) >= 11 is 0. The lowest BCUT2D eigenvalue weighted by Gasteiger charge is -2.17. The Kier molecular flexibility index (Phi) is 2.94. The van der Waals surface area contributed by atoms with Crippen LogP contribution in [0.4, 0.5) is 11.6 Å². The molecule has 16 heavy (non-hydrogen) atoms. The van der Waals surface area contributed by atoms with Crippen LogP contribution in [0.1, 0.15) is 6.42 Å². The van der Waals surface area contributed by atoms with Gasteiger partial charge in [0.15, 0.2) is 0 Å². The third-order valence-electron chi connectivity index (χ3n) is 2.80. The second kappa shape index (κ2) is 4.38. The Morgan fingerprint density at radius 3 is 3.12 bits per heavy atom. The molecule has 2 N–H and O–H groups in total. The van der Waals surface area contributed by atoms with Crippen molar-refractivity contribution in [3.05, 3.63) is 18.2 Å². The molecule has 1 aromatic heterocycles. The number of anilines is 2. The molecule has 1 fully saturated rings. The van der Waals surface area contributed by atoms with E-state index < -0.39 is 0 Å². The standard InChI is InChI=1S/C11H15N3O2/c1-16-11(15)8-5-6-14(7-8)10-4-2-3-9(12)13-10/h2-4,8H,5-7H2,1H3,(H2,12,13). The third kappa shape index (κ3) is 2.08. The third-order valence-corrected chi connectivity index (χ3v) is 2.80. The van der Waals surface area contributed by atoms with Crippen molar-refractivity contribution >= 4 is 17.6 Å². The van der Waals surface area contributed by atoms with E-state index in [4.69, 9.17) is 10.5 Å². The van der Waals surface area contributed by atoms with Crippen LogP contribution in [0.2, 0.25) is 0 Å². The van der Waals surface area contributed by atoms with E-state index in [1.165, 1.54) is 7.11 Å². The molecule has 0 saturated carbocycles. The van der Waals surface area contributed by atoms with Crippen molar-refractivity contribution in [2.75, 3.05) is 30.8 Å². The number of aromatic nitrogens is 1. The molecule has 0 aliphatic carbocycles. The number of nitrogens with two attached hydrogens (primary N) is 1. The highest BCUT2D eigenvalue weighted by Crippen LogP contribution is 2.23. The summed E-state index contributed by atoms with van der Waals surface area (Å²) in [5.41, 5.74) is 5.62. The Balaban J connectivity index is 2.06. The van der Waals surface area contributed by atoms with E-state index in [1.54, 1.807) is 6.07 Å². The Bertz CT molecular complexity index is 395. The molecule has 2 rings (SSSR count). The van der Waals surface area contributed by atoms with Gasteiger partial charge in [0, 0.05) is 13.1 Å². The van der Waals surface area contributed by atoms with Crippen molar-refractivity contribution in [3.8, 4) is 0 Å². The number of hydrogen-bond donors (Lipinski definition) is 1. The molecule has 1 aromatic rings. The van der Waals surface area contributed by atoms with Gasteiger partial charge in [-0.05, 0) is 18.6 Å². The summed E-state index contributed by atoms with van der Waals surface area (Å²) in [6, 6.07) is 5.51. The van der Waals surface area contributed by atoms with E-state index in [0.29, 0.717) is 12.4 Å². The maximum absolute atomic E-state index is 11.4. The molecule has 0 amide bonds. The predicted molar refractivity (Wildman–Crippen MR) is 61.0 cm³/mol. The van der Waals surface area contributed by atoms with E-state index in [2.05, 4.69) is 9.88 Å². The van der Waals surface area contributed by atoms with Crippen molar-refractivity contribution in [2.24, 2.45) is 5.92 Å². The van der Waals surface area contributed by atoms with Crippen molar-refractivity contribution in [1.29, 1.82) is 0 Å². The first-order valence-corrected chi connectivity index (χ1v) is 5.26. The number of ether oxygens (including phenoxy) is 1. The molecular weight excluding hydrogens is 206 g/mol. The first-order chi connectivity index (χ1) is 7.70. The molecule has 86 valence electrons. The molecule has 1 atom stereocenters. The fraction of sp³-hybridized carbons (Fsp3) is 0.455. The van der Waals surface area contributed by atoms with Gasteiger partial charge in [-0.3, -0.25) is 4.79 Å². The van der Waals surface area contributed by atoms with Gasteiger partial charge in [-0.15, -0.1) is 0 Å². The summed E-state index contributed by atoms with van der Waals surface area (Å²) < 4.78 is 4.73. The Hall–Kier alpha value is -1.78. The van der Waals surface area contributed by atoms with Gasteiger partial charge >= 0.3 is 5.97 Å². The summed E-state index contributed by atoms with van der Waals surface area (Å²) in [4.78, 5) is 17.6. The number of nitrogens with zero attached hydrogens (tertiary/aromatic N) is 2. The highest BCUT2D eigenvalue weighted by atomic mass is 16.5. The molecule has 1 unspecified atom stereocenters. The summed E-state index contributed by atoms with van der Waals surface area (Å²) in [7, 11) is 1.42. The summed E-state index contributed by atoms with van der Waals surface area (Å²) in [6.07, 6.45) is 0.809. The van der Waals surface area contributed by atoms with Crippen LogP contribution < -0.4 is 10.6 Å². The van der Waals surface area contributed by atoms with E-state index in [9.17, 15) is 4.79 Å². The van der Waals surface area contributed by atoms with Crippen molar-refractivity contribution in [3.63, 3.8) is 0 Å². The molecule has 1 saturated heterocycles. The first-order valence-electron chi connectivity index (χ1n) is 5.26. The van der Waals surface area contributed by atoms with Crippen LogP contribution in [0.25, 0.3) is 0 Å². The minimum atomic E-state index is -0.147. The Morgan fingerprint density at radius 2 is 2.44 bits per heavy atom. The number of pyridine rings is 1. The second-order valence-electron chi connectivity index (χ2n) is 3.88. The van der Waals surface area contributed by atoms with Crippen LogP contribution in [-0.2, 0) is 9.53 Å². The van der Waals surface area contributed by atoms with Gasteiger partial charge in [0.2, 0.25) is 0 Å². The smallest absolute Gasteiger partial charge is 0.310 e. The van der Waals surface area contributed by atoms with Gasteiger partial charge in [0.05, 0.1) is 13.0 Å². The van der Waals surface area contributed by atoms with Gasteiger partial charge in [-0.1, -0.05) is 6.07 Å². The lowest BCUT2D eigenvalue weighted by Crippen LogP contribution is -2.24. The number of methoxy groups -OCH3 is 1. The Morgan fingerprint density at radius 1 is 1.62 bits per heavy atom. The van der Waals surface area contributed by atoms with Crippen molar-refractivity contribution in [1.82, 2.24) is 4.98 Å². The highest BCUT2D eigenvalue weighted by molar-refractivity contribution is 5.74. The summed E-state index contributed by atoms with van der Waals surface area (Å²) in [5.74, 6) is 1.13. The van der Waals surface area contributed by atoms with Crippen molar-refractivity contribution in [2.45, 2.75) is 6.42 Å². The topological polar surface area (TPSA) is 68.5 Å². The molecule has 0 aromatic carbocycles. The molecule has 2 heterocycles. The largest absolute Gasteiger partial charge is 0.469 e. The first kappa shape index (κ1) is 10.7. The van der Waals surface area contributed by atoms with Crippen LogP contribution in [-0.4, -0.2) is 31.2 Å². The summed E-state index contributed by atoms with van der Waals surface area (Å²) in [6.45, 7) is 1.47. The number of hydrogen-bond acceptors (Lipinski definition) is 5. The SMILES string of the molecule is COC(=O)C1CCN(c2cccc(N)n2)C1. The van der Waals surface area contributed by atoms with Crippen LogP contribution in [0.5, 0.6) is 0 Å².